The lowest BCUT2D eigenvalue weighted by Crippen LogP contribution is -2.46. The second kappa shape index (κ2) is 13.6. The molecular formula is C41H42N6O5Si. The Kier molecular flexibility index (Phi) is 8.93. The summed E-state index contributed by atoms with van der Waals surface area (Å²) in [7, 11) is -2.95. The largest absolute Gasteiger partial charge is 0.432 e. The molecule has 4 aromatic carbocycles. The van der Waals surface area contributed by atoms with Gasteiger partial charge in [0.2, 0.25) is 0 Å². The molecule has 2 aliphatic rings. The number of carbonyl (C=O) groups excluding carboxylic acids is 1. The Bertz CT molecular complexity index is 2340. The lowest BCUT2D eigenvalue weighted by Gasteiger charge is -2.32. The van der Waals surface area contributed by atoms with Crippen molar-refractivity contribution >= 4 is 30.7 Å². The van der Waals surface area contributed by atoms with Crippen LogP contribution in [0.15, 0.2) is 120 Å². The number of nitrogens with zero attached hydrogens (tertiary/aromatic N) is 6. The Morgan fingerprint density at radius 2 is 1.66 bits per heavy atom. The number of aliphatic hydroxyl groups excluding tert-OH is 1. The second-order valence-corrected chi connectivity index (χ2v) is 18.7. The van der Waals surface area contributed by atoms with Crippen molar-refractivity contribution in [3.8, 4) is 5.69 Å². The number of fused-ring (bicyclic) bond motifs is 3. The van der Waals surface area contributed by atoms with Gasteiger partial charge < -0.3 is 19.5 Å². The average Bonchev–Trinajstić information content (AvgIpc) is 3.82. The van der Waals surface area contributed by atoms with Gasteiger partial charge in [0, 0.05) is 35.2 Å². The Labute approximate surface area is 308 Å². The molecule has 270 valence electrons. The third-order valence-electron chi connectivity index (χ3n) is 11.0. The van der Waals surface area contributed by atoms with Crippen molar-refractivity contribution in [1.29, 1.82) is 0 Å². The molecule has 0 bridgehead atoms. The van der Waals surface area contributed by atoms with Gasteiger partial charge in [-0.3, -0.25) is 14.3 Å². The summed E-state index contributed by atoms with van der Waals surface area (Å²) in [5.41, 5.74) is 2.49. The minimum Gasteiger partial charge on any atom is -0.432 e. The number of rotatable bonds is 10. The quantitative estimate of drug-likeness (QED) is 0.176. The van der Waals surface area contributed by atoms with Crippen LogP contribution < -0.4 is 10.5 Å². The topological polar surface area (TPSA) is 136 Å². The van der Waals surface area contributed by atoms with Gasteiger partial charge in [0.1, 0.15) is 0 Å². The third kappa shape index (κ3) is 6.01. The summed E-state index contributed by atoms with van der Waals surface area (Å²) in [6, 6.07) is 32.4. The van der Waals surface area contributed by atoms with Gasteiger partial charge in [-0.1, -0.05) is 91.0 Å². The van der Waals surface area contributed by atoms with Crippen LogP contribution in [-0.2, 0) is 28.2 Å². The molecule has 0 saturated carbocycles. The molecule has 6 aromatic rings. The Morgan fingerprint density at radius 1 is 0.943 bits per heavy atom. The first-order valence-corrected chi connectivity index (χ1v) is 21.1. The van der Waals surface area contributed by atoms with Crippen molar-refractivity contribution in [1.82, 2.24) is 24.8 Å². The highest BCUT2D eigenvalue weighted by atomic mass is 28.4. The normalized spacial score (nSPS) is 21.8. The lowest BCUT2D eigenvalue weighted by atomic mass is 9.82. The van der Waals surface area contributed by atoms with Crippen LogP contribution in [0.1, 0.15) is 41.6 Å². The number of carbonyl (C=O) groups is 1. The van der Waals surface area contributed by atoms with E-state index in [1.54, 1.807) is 21.8 Å². The second-order valence-electron chi connectivity index (χ2n) is 14.7. The Morgan fingerprint density at radius 3 is 2.40 bits per heavy atom. The van der Waals surface area contributed by atoms with E-state index in [4.69, 9.17) is 4.74 Å². The predicted molar refractivity (Wildman–Crippen MR) is 204 cm³/mol. The summed E-state index contributed by atoms with van der Waals surface area (Å²) < 4.78 is 10.2. The molecule has 1 fully saturated rings. The third-order valence-corrected chi connectivity index (χ3v) is 13.5. The molecule has 2 aliphatic heterocycles. The summed E-state index contributed by atoms with van der Waals surface area (Å²) in [4.78, 5) is 42.4. The zero-order valence-corrected chi connectivity index (χ0v) is 30.9. The van der Waals surface area contributed by atoms with E-state index in [9.17, 15) is 14.7 Å². The van der Waals surface area contributed by atoms with Crippen LogP contribution in [0, 0.1) is 5.92 Å². The molecule has 1 spiro atoms. The fourth-order valence-corrected chi connectivity index (χ4v) is 11.2. The number of ether oxygens (including phenoxy) is 1. The smallest absolute Gasteiger partial charge is 0.279 e. The van der Waals surface area contributed by atoms with E-state index < -0.39 is 25.9 Å². The molecule has 2 aromatic heterocycles. The molecule has 53 heavy (non-hydrogen) atoms. The van der Waals surface area contributed by atoms with Crippen LogP contribution >= 0.6 is 0 Å². The number of aliphatic hydroxyl groups is 1. The van der Waals surface area contributed by atoms with Crippen molar-refractivity contribution in [3.63, 3.8) is 0 Å². The van der Waals surface area contributed by atoms with E-state index in [1.165, 1.54) is 4.68 Å². The van der Waals surface area contributed by atoms with Crippen LogP contribution in [0.3, 0.4) is 0 Å². The van der Waals surface area contributed by atoms with E-state index in [-0.39, 0.29) is 29.5 Å². The minimum atomic E-state index is -2.95. The summed E-state index contributed by atoms with van der Waals surface area (Å²) in [5, 5.41) is 24.8. The van der Waals surface area contributed by atoms with E-state index in [1.807, 2.05) is 123 Å². The minimum absolute atomic E-state index is 0.106. The average molecular weight is 727 g/mol. The molecule has 1 amide bonds. The SMILES string of the molecule is C[C@H]1[C@H]([Si](C)(C)O)[C@@H](CCn2cc(C(CO)c3ccccc3)nn2)O[C@]12C(=O)N(Cc1ccccc1)c1ccc(-n3ncc4ccccc4c3=O)cc12. The molecule has 5 atom stereocenters. The van der Waals surface area contributed by atoms with Crippen molar-refractivity contribution < 1.29 is 19.4 Å². The molecule has 0 radical (unpaired) electrons. The first-order valence-electron chi connectivity index (χ1n) is 18.0. The van der Waals surface area contributed by atoms with E-state index in [0.717, 1.165) is 16.5 Å². The number of hydrogen-bond acceptors (Lipinski definition) is 8. The zero-order chi connectivity index (χ0) is 36.9. The van der Waals surface area contributed by atoms with Gasteiger partial charge in [0.25, 0.3) is 11.5 Å². The van der Waals surface area contributed by atoms with Gasteiger partial charge in [-0.05, 0) is 54.9 Å². The van der Waals surface area contributed by atoms with E-state index in [0.29, 0.717) is 47.5 Å². The number of aromatic nitrogens is 5. The molecule has 8 rings (SSSR count). The van der Waals surface area contributed by atoms with Gasteiger partial charge >= 0.3 is 0 Å². The fourth-order valence-electron chi connectivity index (χ4n) is 8.56. The summed E-state index contributed by atoms with van der Waals surface area (Å²) in [6.07, 6.45) is 3.51. The predicted octanol–water partition coefficient (Wildman–Crippen LogP) is 5.54. The first-order chi connectivity index (χ1) is 25.6. The zero-order valence-electron chi connectivity index (χ0n) is 29.9. The molecule has 12 heteroatoms. The van der Waals surface area contributed by atoms with Crippen LogP contribution in [0.2, 0.25) is 18.6 Å². The molecule has 11 nitrogen and oxygen atoms in total. The number of anilines is 1. The lowest BCUT2D eigenvalue weighted by molar-refractivity contribution is -0.146. The molecule has 0 aliphatic carbocycles. The summed E-state index contributed by atoms with van der Waals surface area (Å²) >= 11 is 0. The molecule has 1 unspecified atom stereocenters. The van der Waals surface area contributed by atoms with E-state index >= 15 is 4.79 Å². The van der Waals surface area contributed by atoms with Crippen molar-refractivity contribution in [2.24, 2.45) is 5.92 Å². The van der Waals surface area contributed by atoms with Gasteiger partial charge in [-0.15, -0.1) is 5.10 Å². The van der Waals surface area contributed by atoms with Crippen molar-refractivity contribution in [3.05, 3.63) is 148 Å². The van der Waals surface area contributed by atoms with Crippen LogP contribution in [0.4, 0.5) is 5.69 Å². The molecule has 2 N–H and O–H groups in total. The number of hydrogen-bond donors (Lipinski definition) is 2. The molecular weight excluding hydrogens is 685 g/mol. The van der Waals surface area contributed by atoms with Gasteiger partial charge in [-0.2, -0.15) is 9.78 Å². The summed E-state index contributed by atoms with van der Waals surface area (Å²) in [6.45, 7) is 6.47. The summed E-state index contributed by atoms with van der Waals surface area (Å²) in [5.74, 6) is -0.900. The maximum atomic E-state index is 15.0. The Balaban J connectivity index is 1.17. The molecule has 4 heterocycles. The monoisotopic (exact) mass is 726 g/mol. The van der Waals surface area contributed by atoms with Crippen molar-refractivity contribution in [2.75, 3.05) is 11.5 Å². The van der Waals surface area contributed by atoms with Crippen LogP contribution in [0.25, 0.3) is 16.5 Å². The van der Waals surface area contributed by atoms with Gasteiger partial charge in [0.05, 0.1) is 53.8 Å². The first kappa shape index (κ1) is 34.8. The highest BCUT2D eigenvalue weighted by Gasteiger charge is 2.66. The standard InChI is InChI=1S/C41H42N6O5Si/c1-27-38(53(2,3)51)37(20-21-45-25-35(43-44-45)33(26-48)29-14-8-5-9-15-29)52-41(27)34-22-31(47-39(49)32-17-11-10-16-30(32)23-42-47)18-19-36(34)46(40(41)50)24-28-12-6-4-7-13-28/h4-19,22-23,25,27,33,37-38,48,51H,20-21,24,26H2,1-3H3/t27-,33?,37+,38-,41+/m0/s1. The molecule has 1 saturated heterocycles. The number of aryl methyl sites for hydroxylation is 1. The van der Waals surface area contributed by atoms with Gasteiger partial charge in [-0.25, -0.2) is 0 Å². The van der Waals surface area contributed by atoms with Crippen LogP contribution in [0.5, 0.6) is 0 Å². The van der Waals surface area contributed by atoms with E-state index in [2.05, 4.69) is 15.4 Å². The maximum Gasteiger partial charge on any atom is 0.279 e. The maximum absolute atomic E-state index is 15.0. The highest BCUT2D eigenvalue weighted by molar-refractivity contribution is 6.71. The number of amides is 1. The Hall–Kier alpha value is -5.27. The van der Waals surface area contributed by atoms with Gasteiger partial charge in [0.15, 0.2) is 13.9 Å². The fraction of sp³-hybridized carbons (Fsp3) is 0.293. The van der Waals surface area contributed by atoms with Crippen LogP contribution in [-0.4, -0.2) is 61.6 Å². The van der Waals surface area contributed by atoms with Crippen molar-refractivity contribution in [2.45, 2.75) is 62.7 Å². The highest BCUT2D eigenvalue weighted by Crippen LogP contribution is 2.60. The number of benzene rings is 4.